The van der Waals surface area contributed by atoms with E-state index in [1.807, 2.05) is 48.7 Å². The lowest BCUT2D eigenvalue weighted by Gasteiger charge is -2.25. The molecule has 0 saturated carbocycles. The minimum absolute atomic E-state index is 0.335. The predicted molar refractivity (Wildman–Crippen MR) is 127 cm³/mol. The molecule has 1 saturated heterocycles. The summed E-state index contributed by atoms with van der Waals surface area (Å²) < 4.78 is 5.22. The first-order valence-electron chi connectivity index (χ1n) is 10.5. The van der Waals surface area contributed by atoms with Gasteiger partial charge in [0.2, 0.25) is 5.91 Å². The molecule has 1 unspecified atom stereocenters. The Labute approximate surface area is 196 Å². The molecule has 0 aliphatic carbocycles. The summed E-state index contributed by atoms with van der Waals surface area (Å²) in [5.41, 5.74) is 1.16. The van der Waals surface area contributed by atoms with Crippen molar-refractivity contribution in [2.45, 2.75) is 25.9 Å². The average molecular weight is 464 g/mol. The lowest BCUT2D eigenvalue weighted by molar-refractivity contribution is -0.134. The molecule has 2 heterocycles. The molecular weight excluding hydrogens is 438 g/mol. The average Bonchev–Trinajstić information content (AvgIpc) is 3.40. The molecule has 0 bridgehead atoms. The Kier molecular flexibility index (Phi) is 6.20. The van der Waals surface area contributed by atoms with E-state index in [1.165, 1.54) is 11.3 Å². The van der Waals surface area contributed by atoms with Gasteiger partial charge in [0.1, 0.15) is 17.8 Å². The molecule has 1 atom stereocenters. The van der Waals surface area contributed by atoms with E-state index in [2.05, 4.69) is 5.32 Å². The molecule has 1 fully saturated rings. The number of imide groups is 1. The molecule has 1 aliphatic heterocycles. The van der Waals surface area contributed by atoms with E-state index in [4.69, 9.17) is 4.74 Å². The number of aryl methyl sites for hydroxylation is 1. The Morgan fingerprint density at radius 3 is 2.39 bits per heavy atom. The summed E-state index contributed by atoms with van der Waals surface area (Å²) >= 11 is 1.53. The Bertz CT molecular complexity index is 1160. The quantitative estimate of drug-likeness (QED) is 0.536. The molecule has 4 rings (SSSR count). The zero-order chi connectivity index (χ0) is 23.6. The van der Waals surface area contributed by atoms with Crippen molar-refractivity contribution in [3.63, 3.8) is 0 Å². The number of carbonyl (C=O) groups is 3. The van der Waals surface area contributed by atoms with Gasteiger partial charge in [-0.15, -0.1) is 11.3 Å². The molecule has 3 aromatic rings. The number of methoxy groups -OCH3 is 1. The third kappa shape index (κ3) is 4.47. The molecule has 1 aromatic heterocycles. The van der Waals surface area contributed by atoms with Gasteiger partial charge in [-0.05, 0) is 55.1 Å². The van der Waals surface area contributed by atoms with E-state index >= 15 is 0 Å². The number of hydrogen-bond acceptors (Lipinski definition) is 5. The van der Waals surface area contributed by atoms with Crippen molar-refractivity contribution in [3.8, 4) is 5.75 Å². The maximum atomic E-state index is 13.4. The molecule has 170 valence electrons. The smallest absolute Gasteiger partial charge is 0.325 e. The van der Waals surface area contributed by atoms with E-state index in [1.54, 1.807) is 43.2 Å². The number of hydrogen-bond donors (Lipinski definition) is 1. The standard InChI is InChI=1S/C25H25N3O4S/c1-17-6-8-18(9-7-17)25(2)23(30)28(24(31)26-25)16-22(29)27(15-21-5-4-14-33-21)19-10-12-20(32-3)13-11-19/h4-14H,15-16H2,1-3H3,(H,26,31). The number of nitrogens with one attached hydrogen (secondary N) is 1. The van der Waals surface area contributed by atoms with E-state index in [0.29, 0.717) is 23.5 Å². The second kappa shape index (κ2) is 9.07. The Hall–Kier alpha value is -3.65. The van der Waals surface area contributed by atoms with Gasteiger partial charge in [0.05, 0.1) is 13.7 Å². The fourth-order valence-electron chi connectivity index (χ4n) is 3.79. The first-order chi connectivity index (χ1) is 15.8. The number of urea groups is 1. The van der Waals surface area contributed by atoms with Crippen LogP contribution in [-0.4, -0.2) is 36.4 Å². The van der Waals surface area contributed by atoms with Crippen molar-refractivity contribution in [3.05, 3.63) is 82.0 Å². The molecule has 2 aromatic carbocycles. The molecule has 4 amide bonds. The molecule has 0 radical (unpaired) electrons. The maximum absolute atomic E-state index is 13.4. The molecular formula is C25H25N3O4S. The van der Waals surface area contributed by atoms with Gasteiger partial charge in [-0.2, -0.15) is 0 Å². The summed E-state index contributed by atoms with van der Waals surface area (Å²) in [6.07, 6.45) is 0. The molecule has 0 spiro atoms. The molecule has 1 aliphatic rings. The van der Waals surface area contributed by atoms with Gasteiger partial charge in [-0.3, -0.25) is 14.5 Å². The SMILES string of the molecule is COc1ccc(N(Cc2cccs2)C(=O)CN2C(=O)NC(C)(c3ccc(C)cc3)C2=O)cc1. The number of anilines is 1. The third-order valence-corrected chi connectivity index (χ3v) is 6.64. The van der Waals surface area contributed by atoms with E-state index in [-0.39, 0.29) is 12.5 Å². The number of ether oxygens (including phenoxy) is 1. The minimum atomic E-state index is -1.22. The van der Waals surface area contributed by atoms with Crippen LogP contribution in [0, 0.1) is 6.92 Å². The number of nitrogens with zero attached hydrogens (tertiary/aromatic N) is 2. The number of benzene rings is 2. The number of rotatable bonds is 7. The van der Waals surface area contributed by atoms with Crippen molar-refractivity contribution in [1.82, 2.24) is 10.2 Å². The normalized spacial score (nSPS) is 17.7. The highest BCUT2D eigenvalue weighted by atomic mass is 32.1. The van der Waals surface area contributed by atoms with E-state index < -0.39 is 17.5 Å². The lowest BCUT2D eigenvalue weighted by atomic mass is 9.91. The summed E-state index contributed by atoms with van der Waals surface area (Å²) in [4.78, 5) is 43.0. The summed E-state index contributed by atoms with van der Waals surface area (Å²) in [7, 11) is 1.58. The van der Waals surface area contributed by atoms with Gasteiger partial charge >= 0.3 is 6.03 Å². The van der Waals surface area contributed by atoms with Crippen molar-refractivity contribution in [2.24, 2.45) is 0 Å². The van der Waals surface area contributed by atoms with Gasteiger partial charge in [0.15, 0.2) is 0 Å². The summed E-state index contributed by atoms with van der Waals surface area (Å²) in [5, 5.41) is 4.70. The van der Waals surface area contributed by atoms with Crippen molar-refractivity contribution in [1.29, 1.82) is 0 Å². The molecule has 8 heteroatoms. The van der Waals surface area contributed by atoms with Crippen LogP contribution in [0.4, 0.5) is 10.5 Å². The lowest BCUT2D eigenvalue weighted by Crippen LogP contribution is -2.44. The highest BCUT2D eigenvalue weighted by molar-refractivity contribution is 7.09. The van der Waals surface area contributed by atoms with Crippen molar-refractivity contribution >= 4 is 34.9 Å². The van der Waals surface area contributed by atoms with Gasteiger partial charge in [0, 0.05) is 10.6 Å². The topological polar surface area (TPSA) is 79.0 Å². The molecule has 33 heavy (non-hydrogen) atoms. The molecule has 7 nitrogen and oxygen atoms in total. The zero-order valence-electron chi connectivity index (χ0n) is 18.7. The van der Waals surface area contributed by atoms with Gasteiger partial charge in [-0.25, -0.2) is 4.79 Å². The van der Waals surface area contributed by atoms with Crippen LogP contribution >= 0.6 is 11.3 Å². The van der Waals surface area contributed by atoms with Crippen molar-refractivity contribution < 1.29 is 19.1 Å². The van der Waals surface area contributed by atoms with Crippen LogP contribution in [0.1, 0.15) is 22.9 Å². The monoisotopic (exact) mass is 463 g/mol. The summed E-state index contributed by atoms with van der Waals surface area (Å²) in [6, 6.07) is 17.8. The fourth-order valence-corrected chi connectivity index (χ4v) is 4.48. The Balaban J connectivity index is 1.58. The second-order valence-electron chi connectivity index (χ2n) is 8.07. The van der Waals surface area contributed by atoms with Crippen LogP contribution in [0.5, 0.6) is 5.75 Å². The Morgan fingerprint density at radius 2 is 1.79 bits per heavy atom. The van der Waals surface area contributed by atoms with E-state index in [9.17, 15) is 14.4 Å². The zero-order valence-corrected chi connectivity index (χ0v) is 19.5. The van der Waals surface area contributed by atoms with Crippen LogP contribution in [0.2, 0.25) is 0 Å². The maximum Gasteiger partial charge on any atom is 0.325 e. The van der Waals surface area contributed by atoms with Gasteiger partial charge < -0.3 is 15.0 Å². The largest absolute Gasteiger partial charge is 0.497 e. The number of carbonyl (C=O) groups excluding carboxylic acids is 3. The predicted octanol–water partition coefficient (Wildman–Crippen LogP) is 4.07. The second-order valence-corrected chi connectivity index (χ2v) is 9.10. The number of thiophene rings is 1. The number of amides is 4. The fraction of sp³-hybridized carbons (Fsp3) is 0.240. The van der Waals surface area contributed by atoms with Crippen LogP contribution in [0.25, 0.3) is 0 Å². The minimum Gasteiger partial charge on any atom is -0.497 e. The van der Waals surface area contributed by atoms with Gasteiger partial charge in [0.25, 0.3) is 5.91 Å². The summed E-state index contributed by atoms with van der Waals surface area (Å²) in [6.45, 7) is 3.59. The first kappa shape index (κ1) is 22.5. The Morgan fingerprint density at radius 1 is 1.09 bits per heavy atom. The van der Waals surface area contributed by atoms with Crippen molar-refractivity contribution in [2.75, 3.05) is 18.6 Å². The highest BCUT2D eigenvalue weighted by Crippen LogP contribution is 2.30. The highest BCUT2D eigenvalue weighted by Gasteiger charge is 2.49. The van der Waals surface area contributed by atoms with E-state index in [0.717, 1.165) is 15.3 Å². The molecule has 1 N–H and O–H groups in total. The van der Waals surface area contributed by atoms with Crippen LogP contribution in [0.15, 0.2) is 66.0 Å². The summed E-state index contributed by atoms with van der Waals surface area (Å²) in [5.74, 6) is -0.133. The third-order valence-electron chi connectivity index (χ3n) is 5.78. The van der Waals surface area contributed by atoms with Crippen LogP contribution in [0.3, 0.4) is 0 Å². The van der Waals surface area contributed by atoms with Crippen LogP contribution in [-0.2, 0) is 21.7 Å². The van der Waals surface area contributed by atoms with Gasteiger partial charge in [-0.1, -0.05) is 35.9 Å². The first-order valence-corrected chi connectivity index (χ1v) is 11.4. The van der Waals surface area contributed by atoms with Crippen LogP contribution < -0.4 is 15.0 Å².